The van der Waals surface area contributed by atoms with Crippen molar-refractivity contribution in [2.24, 2.45) is 0 Å². The topological polar surface area (TPSA) is 39.1 Å². The van der Waals surface area contributed by atoms with Crippen LogP contribution in [0, 0.1) is 0 Å². The fourth-order valence-electron chi connectivity index (χ4n) is 1.95. The van der Waals surface area contributed by atoms with Crippen LogP contribution >= 0.6 is 0 Å². The Kier molecular flexibility index (Phi) is 5.65. The Labute approximate surface area is 104 Å². The van der Waals surface area contributed by atoms with Crippen molar-refractivity contribution in [2.75, 3.05) is 13.7 Å². The molecule has 0 bridgehead atoms. The predicted molar refractivity (Wildman–Crippen MR) is 70.1 cm³/mol. The van der Waals surface area contributed by atoms with Gasteiger partial charge in [0.05, 0.1) is 17.8 Å². The smallest absolute Gasteiger partial charge is 0.0755 e. The fraction of sp³-hybridized carbons (Fsp3) is 0.769. The molecule has 0 radical (unpaired) electrons. The minimum atomic E-state index is 0.135. The lowest BCUT2D eigenvalue weighted by Crippen LogP contribution is -2.34. The first-order chi connectivity index (χ1) is 8.11. The molecule has 0 amide bonds. The van der Waals surface area contributed by atoms with E-state index in [0.29, 0.717) is 6.04 Å². The highest BCUT2D eigenvalue weighted by Crippen LogP contribution is 2.21. The molecule has 0 saturated heterocycles. The van der Waals surface area contributed by atoms with E-state index in [1.54, 1.807) is 7.11 Å². The summed E-state index contributed by atoms with van der Waals surface area (Å²) in [7, 11) is 1.75. The van der Waals surface area contributed by atoms with Crippen LogP contribution in [-0.2, 0) is 4.74 Å². The number of nitrogens with zero attached hydrogens (tertiary/aromatic N) is 2. The highest BCUT2D eigenvalue weighted by molar-refractivity contribution is 5.09. The monoisotopic (exact) mass is 239 g/mol. The first-order valence-corrected chi connectivity index (χ1v) is 6.41. The molecule has 0 fully saturated rings. The summed E-state index contributed by atoms with van der Waals surface area (Å²) in [4.78, 5) is 0. The van der Waals surface area contributed by atoms with E-state index in [4.69, 9.17) is 4.74 Å². The summed E-state index contributed by atoms with van der Waals surface area (Å²) in [5.74, 6) is 0. The van der Waals surface area contributed by atoms with Crippen molar-refractivity contribution in [2.45, 2.75) is 52.3 Å². The fourth-order valence-corrected chi connectivity index (χ4v) is 1.95. The van der Waals surface area contributed by atoms with E-state index in [2.05, 4.69) is 48.9 Å². The van der Waals surface area contributed by atoms with Crippen molar-refractivity contribution in [3.8, 4) is 0 Å². The van der Waals surface area contributed by atoms with Gasteiger partial charge in [-0.3, -0.25) is 4.68 Å². The number of rotatable bonds is 7. The van der Waals surface area contributed by atoms with Crippen LogP contribution in [0.4, 0.5) is 0 Å². The van der Waals surface area contributed by atoms with Crippen molar-refractivity contribution in [3.63, 3.8) is 0 Å². The highest BCUT2D eigenvalue weighted by Gasteiger charge is 2.22. The normalized spacial score (nSPS) is 15.2. The maximum atomic E-state index is 5.46. The lowest BCUT2D eigenvalue weighted by atomic mass is 10.1. The minimum absolute atomic E-state index is 0.135. The van der Waals surface area contributed by atoms with Gasteiger partial charge in [0, 0.05) is 19.3 Å². The van der Waals surface area contributed by atoms with Crippen LogP contribution in [0.3, 0.4) is 0 Å². The zero-order valence-corrected chi connectivity index (χ0v) is 11.6. The van der Waals surface area contributed by atoms with Crippen molar-refractivity contribution in [1.29, 1.82) is 0 Å². The van der Waals surface area contributed by atoms with Crippen LogP contribution < -0.4 is 5.32 Å². The molecule has 1 N–H and O–H groups in total. The Balaban J connectivity index is 2.91. The van der Waals surface area contributed by atoms with E-state index in [1.807, 2.05) is 6.20 Å². The molecule has 1 heterocycles. The molecule has 0 aromatic carbocycles. The zero-order chi connectivity index (χ0) is 12.8. The third-order valence-electron chi connectivity index (χ3n) is 2.96. The van der Waals surface area contributed by atoms with Crippen LogP contribution in [0.1, 0.15) is 51.9 Å². The molecule has 0 spiro atoms. The summed E-state index contributed by atoms with van der Waals surface area (Å²) in [6.45, 7) is 9.53. The number of ether oxygens (including phenoxy) is 1. The Bertz CT molecular complexity index is 322. The number of hydrogen-bond donors (Lipinski definition) is 1. The lowest BCUT2D eigenvalue weighted by molar-refractivity contribution is 0.0795. The Morgan fingerprint density at radius 1 is 1.41 bits per heavy atom. The van der Waals surface area contributed by atoms with Crippen LogP contribution in [-0.4, -0.2) is 29.5 Å². The van der Waals surface area contributed by atoms with Crippen molar-refractivity contribution in [1.82, 2.24) is 15.1 Å². The van der Waals surface area contributed by atoms with E-state index >= 15 is 0 Å². The highest BCUT2D eigenvalue weighted by atomic mass is 16.5. The molecule has 98 valence electrons. The molecule has 4 heteroatoms. The molecule has 17 heavy (non-hydrogen) atoms. The standard InChI is InChI=1S/C13H25N3O/c1-6-8-14-13(11(4)17-5)12-7-9-15-16(12)10(2)3/h7,9-11,13-14H,6,8H2,1-5H3. The summed E-state index contributed by atoms with van der Waals surface area (Å²) in [6.07, 6.45) is 3.11. The summed E-state index contributed by atoms with van der Waals surface area (Å²) < 4.78 is 7.52. The van der Waals surface area contributed by atoms with Gasteiger partial charge in [-0.2, -0.15) is 5.10 Å². The maximum Gasteiger partial charge on any atom is 0.0755 e. The van der Waals surface area contributed by atoms with E-state index in [-0.39, 0.29) is 12.1 Å². The minimum Gasteiger partial charge on any atom is -0.380 e. The first-order valence-electron chi connectivity index (χ1n) is 6.41. The van der Waals surface area contributed by atoms with Crippen LogP contribution in [0.5, 0.6) is 0 Å². The number of aromatic nitrogens is 2. The quantitative estimate of drug-likeness (QED) is 0.794. The Morgan fingerprint density at radius 2 is 2.12 bits per heavy atom. The predicted octanol–water partition coefficient (Wildman–Crippen LogP) is 2.54. The molecule has 0 aliphatic heterocycles. The molecule has 0 aliphatic carbocycles. The summed E-state index contributed by atoms with van der Waals surface area (Å²) in [5.41, 5.74) is 1.20. The van der Waals surface area contributed by atoms with Crippen LogP contribution in [0.2, 0.25) is 0 Å². The number of methoxy groups -OCH3 is 1. The van der Waals surface area contributed by atoms with Gasteiger partial charge in [-0.05, 0) is 39.8 Å². The molecule has 0 aliphatic rings. The van der Waals surface area contributed by atoms with E-state index in [0.717, 1.165) is 13.0 Å². The second-order valence-corrected chi connectivity index (χ2v) is 4.67. The second kappa shape index (κ2) is 6.77. The van der Waals surface area contributed by atoms with E-state index in [9.17, 15) is 0 Å². The van der Waals surface area contributed by atoms with Gasteiger partial charge >= 0.3 is 0 Å². The SMILES string of the molecule is CCCNC(c1ccnn1C(C)C)C(C)OC. The Morgan fingerprint density at radius 3 is 2.65 bits per heavy atom. The van der Waals surface area contributed by atoms with Crippen molar-refractivity contribution < 1.29 is 4.74 Å². The number of nitrogens with one attached hydrogen (secondary N) is 1. The largest absolute Gasteiger partial charge is 0.380 e. The molecule has 1 rings (SSSR count). The van der Waals surface area contributed by atoms with Gasteiger partial charge in [-0.15, -0.1) is 0 Å². The summed E-state index contributed by atoms with van der Waals surface area (Å²) >= 11 is 0. The van der Waals surface area contributed by atoms with Gasteiger partial charge in [0.15, 0.2) is 0 Å². The van der Waals surface area contributed by atoms with Crippen molar-refractivity contribution >= 4 is 0 Å². The third-order valence-corrected chi connectivity index (χ3v) is 2.96. The van der Waals surface area contributed by atoms with Gasteiger partial charge in [0.2, 0.25) is 0 Å². The zero-order valence-electron chi connectivity index (χ0n) is 11.6. The second-order valence-electron chi connectivity index (χ2n) is 4.67. The third kappa shape index (κ3) is 3.54. The molecular formula is C13H25N3O. The van der Waals surface area contributed by atoms with Crippen LogP contribution in [0.25, 0.3) is 0 Å². The molecular weight excluding hydrogens is 214 g/mol. The van der Waals surface area contributed by atoms with E-state index in [1.165, 1.54) is 5.69 Å². The van der Waals surface area contributed by atoms with E-state index < -0.39 is 0 Å². The Hall–Kier alpha value is -0.870. The molecule has 4 nitrogen and oxygen atoms in total. The van der Waals surface area contributed by atoms with Gasteiger partial charge in [0.1, 0.15) is 0 Å². The van der Waals surface area contributed by atoms with Gasteiger partial charge in [0.25, 0.3) is 0 Å². The average Bonchev–Trinajstić information content (AvgIpc) is 2.78. The summed E-state index contributed by atoms with van der Waals surface area (Å²) in [6, 6.07) is 2.64. The average molecular weight is 239 g/mol. The number of hydrogen-bond acceptors (Lipinski definition) is 3. The molecule has 1 aromatic rings. The summed E-state index contributed by atoms with van der Waals surface area (Å²) in [5, 5.41) is 7.91. The lowest BCUT2D eigenvalue weighted by Gasteiger charge is -2.26. The van der Waals surface area contributed by atoms with Gasteiger partial charge in [-0.25, -0.2) is 0 Å². The maximum absolute atomic E-state index is 5.46. The molecule has 0 saturated carbocycles. The first kappa shape index (κ1) is 14.2. The van der Waals surface area contributed by atoms with Crippen molar-refractivity contribution in [3.05, 3.63) is 18.0 Å². The molecule has 2 atom stereocenters. The van der Waals surface area contributed by atoms with Gasteiger partial charge < -0.3 is 10.1 Å². The van der Waals surface area contributed by atoms with Gasteiger partial charge in [-0.1, -0.05) is 6.92 Å². The molecule has 1 aromatic heterocycles. The van der Waals surface area contributed by atoms with Crippen LogP contribution in [0.15, 0.2) is 12.3 Å². The molecule has 2 unspecified atom stereocenters.